The van der Waals surface area contributed by atoms with Crippen LogP contribution in [0, 0.1) is 26.7 Å². The fourth-order valence-corrected chi connectivity index (χ4v) is 2.44. The summed E-state index contributed by atoms with van der Waals surface area (Å²) in [4.78, 5) is 0. The van der Waals surface area contributed by atoms with Crippen LogP contribution in [-0.4, -0.2) is 6.04 Å². The molecule has 0 aliphatic rings. The Kier molecular flexibility index (Phi) is 5.20. The highest BCUT2D eigenvalue weighted by Gasteiger charge is 2.10. The van der Waals surface area contributed by atoms with E-state index in [-0.39, 0.29) is 0 Å². The average Bonchev–Trinajstić information content (AvgIpc) is 2.20. The van der Waals surface area contributed by atoms with Crippen molar-refractivity contribution >= 4 is 0 Å². The van der Waals surface area contributed by atoms with Gasteiger partial charge in [0.25, 0.3) is 0 Å². The molecule has 1 aromatic carbocycles. The van der Waals surface area contributed by atoms with Crippen molar-refractivity contribution in [1.29, 1.82) is 0 Å². The highest BCUT2D eigenvalue weighted by Crippen LogP contribution is 2.19. The van der Waals surface area contributed by atoms with Gasteiger partial charge in [-0.15, -0.1) is 0 Å². The van der Waals surface area contributed by atoms with E-state index in [1.54, 1.807) is 0 Å². The first-order valence-corrected chi connectivity index (χ1v) is 6.72. The second-order valence-electron chi connectivity index (χ2n) is 5.81. The molecule has 0 fully saturated rings. The van der Waals surface area contributed by atoms with Crippen molar-refractivity contribution in [2.75, 3.05) is 0 Å². The van der Waals surface area contributed by atoms with Crippen molar-refractivity contribution in [3.63, 3.8) is 0 Å². The van der Waals surface area contributed by atoms with E-state index < -0.39 is 0 Å². The Bertz CT molecular complexity index is 343. The van der Waals surface area contributed by atoms with Gasteiger partial charge in [0.1, 0.15) is 0 Å². The summed E-state index contributed by atoms with van der Waals surface area (Å²) in [6.07, 6.45) is 3.38. The van der Waals surface area contributed by atoms with Crippen LogP contribution in [0.3, 0.4) is 0 Å². The SMILES string of the molecule is Cc1cc(C)c(CC(N)CCC(C)C)c(C)c1. The molecular formula is C16H27N. The van der Waals surface area contributed by atoms with Gasteiger partial charge in [-0.2, -0.15) is 0 Å². The van der Waals surface area contributed by atoms with Crippen molar-refractivity contribution in [3.8, 4) is 0 Å². The first kappa shape index (κ1) is 14.2. The van der Waals surface area contributed by atoms with Crippen LogP contribution in [0.2, 0.25) is 0 Å². The third kappa shape index (κ3) is 4.51. The number of nitrogens with two attached hydrogens (primary N) is 1. The summed E-state index contributed by atoms with van der Waals surface area (Å²) in [5, 5.41) is 0. The second-order valence-corrected chi connectivity index (χ2v) is 5.81. The van der Waals surface area contributed by atoms with E-state index in [1.165, 1.54) is 28.7 Å². The fraction of sp³-hybridized carbons (Fsp3) is 0.625. The number of hydrogen-bond acceptors (Lipinski definition) is 1. The van der Waals surface area contributed by atoms with E-state index in [4.69, 9.17) is 5.73 Å². The molecule has 0 saturated heterocycles. The molecule has 1 heteroatoms. The Morgan fingerprint density at radius 2 is 1.53 bits per heavy atom. The van der Waals surface area contributed by atoms with Crippen LogP contribution in [0.15, 0.2) is 12.1 Å². The highest BCUT2D eigenvalue weighted by atomic mass is 14.6. The molecule has 0 aliphatic heterocycles. The lowest BCUT2D eigenvalue weighted by Crippen LogP contribution is -2.24. The topological polar surface area (TPSA) is 26.0 Å². The summed E-state index contributed by atoms with van der Waals surface area (Å²) < 4.78 is 0. The van der Waals surface area contributed by atoms with E-state index in [9.17, 15) is 0 Å². The van der Waals surface area contributed by atoms with Gasteiger partial charge in [0.15, 0.2) is 0 Å². The van der Waals surface area contributed by atoms with E-state index in [1.807, 2.05) is 0 Å². The monoisotopic (exact) mass is 233 g/mol. The minimum atomic E-state index is 0.303. The maximum Gasteiger partial charge on any atom is 0.00796 e. The molecule has 0 aromatic heterocycles. The van der Waals surface area contributed by atoms with Crippen molar-refractivity contribution in [2.24, 2.45) is 11.7 Å². The third-order valence-electron chi connectivity index (χ3n) is 3.42. The maximum atomic E-state index is 6.23. The Labute approximate surface area is 106 Å². The average molecular weight is 233 g/mol. The van der Waals surface area contributed by atoms with Gasteiger partial charge >= 0.3 is 0 Å². The lowest BCUT2D eigenvalue weighted by atomic mass is 9.92. The largest absolute Gasteiger partial charge is 0.327 e. The Hall–Kier alpha value is -0.820. The van der Waals surface area contributed by atoms with Gasteiger partial charge in [-0.3, -0.25) is 0 Å². The molecule has 0 aliphatic carbocycles. The Morgan fingerprint density at radius 1 is 1.00 bits per heavy atom. The molecule has 1 unspecified atom stereocenters. The van der Waals surface area contributed by atoms with E-state index in [0.29, 0.717) is 6.04 Å². The molecule has 2 N–H and O–H groups in total. The minimum absolute atomic E-state index is 0.303. The van der Waals surface area contributed by atoms with Crippen molar-refractivity contribution in [3.05, 3.63) is 34.4 Å². The van der Waals surface area contributed by atoms with E-state index in [0.717, 1.165) is 18.8 Å². The van der Waals surface area contributed by atoms with Crippen LogP contribution in [0.1, 0.15) is 48.9 Å². The zero-order valence-corrected chi connectivity index (χ0v) is 12.0. The van der Waals surface area contributed by atoms with Gasteiger partial charge in [0, 0.05) is 6.04 Å². The molecule has 17 heavy (non-hydrogen) atoms. The number of aryl methyl sites for hydroxylation is 3. The van der Waals surface area contributed by atoms with E-state index >= 15 is 0 Å². The maximum absolute atomic E-state index is 6.23. The van der Waals surface area contributed by atoms with Crippen molar-refractivity contribution < 1.29 is 0 Å². The number of benzene rings is 1. The lowest BCUT2D eigenvalue weighted by Gasteiger charge is -2.17. The molecule has 0 amide bonds. The van der Waals surface area contributed by atoms with Gasteiger partial charge in [0.2, 0.25) is 0 Å². The molecule has 0 bridgehead atoms. The van der Waals surface area contributed by atoms with Gasteiger partial charge < -0.3 is 5.73 Å². The van der Waals surface area contributed by atoms with Crippen LogP contribution in [-0.2, 0) is 6.42 Å². The lowest BCUT2D eigenvalue weighted by molar-refractivity contribution is 0.494. The summed E-state index contributed by atoms with van der Waals surface area (Å²) in [5.74, 6) is 0.751. The molecular weight excluding hydrogens is 206 g/mol. The predicted molar refractivity (Wildman–Crippen MR) is 76.4 cm³/mol. The Balaban J connectivity index is 2.68. The van der Waals surface area contributed by atoms with Crippen LogP contribution in [0.4, 0.5) is 0 Å². The normalized spacial score (nSPS) is 13.1. The second kappa shape index (κ2) is 6.20. The molecule has 96 valence electrons. The number of hydrogen-bond donors (Lipinski definition) is 1. The standard InChI is InChI=1S/C16H27N/c1-11(2)6-7-15(17)10-16-13(4)8-12(3)9-14(16)5/h8-9,11,15H,6-7,10,17H2,1-5H3. The van der Waals surface area contributed by atoms with Crippen molar-refractivity contribution in [2.45, 2.75) is 59.9 Å². The van der Waals surface area contributed by atoms with Crippen LogP contribution in [0.5, 0.6) is 0 Å². The molecule has 0 heterocycles. The molecule has 1 aromatic rings. The molecule has 0 saturated carbocycles. The fourth-order valence-electron chi connectivity index (χ4n) is 2.44. The first-order valence-electron chi connectivity index (χ1n) is 6.72. The summed E-state index contributed by atoms with van der Waals surface area (Å²) in [5.41, 5.74) is 11.8. The molecule has 0 radical (unpaired) electrons. The number of rotatable bonds is 5. The Morgan fingerprint density at radius 3 is 2.00 bits per heavy atom. The predicted octanol–water partition coefficient (Wildman–Crippen LogP) is 3.92. The van der Waals surface area contributed by atoms with Crippen LogP contribution in [0.25, 0.3) is 0 Å². The smallest absolute Gasteiger partial charge is 0.00796 e. The zero-order valence-electron chi connectivity index (χ0n) is 12.0. The quantitative estimate of drug-likeness (QED) is 0.819. The molecule has 1 rings (SSSR count). The van der Waals surface area contributed by atoms with Gasteiger partial charge in [-0.1, -0.05) is 31.5 Å². The van der Waals surface area contributed by atoms with E-state index in [2.05, 4.69) is 46.8 Å². The summed E-state index contributed by atoms with van der Waals surface area (Å²) in [7, 11) is 0. The minimum Gasteiger partial charge on any atom is -0.327 e. The van der Waals surface area contributed by atoms with Crippen LogP contribution >= 0.6 is 0 Å². The molecule has 1 atom stereocenters. The summed E-state index contributed by atoms with van der Waals surface area (Å²) >= 11 is 0. The van der Waals surface area contributed by atoms with Gasteiger partial charge in [0.05, 0.1) is 0 Å². The van der Waals surface area contributed by atoms with Gasteiger partial charge in [-0.05, 0) is 62.6 Å². The molecule has 1 nitrogen and oxygen atoms in total. The highest BCUT2D eigenvalue weighted by molar-refractivity contribution is 5.37. The van der Waals surface area contributed by atoms with Crippen LogP contribution < -0.4 is 5.73 Å². The van der Waals surface area contributed by atoms with Gasteiger partial charge in [-0.25, -0.2) is 0 Å². The summed E-state index contributed by atoms with van der Waals surface area (Å²) in [6, 6.07) is 4.83. The third-order valence-corrected chi connectivity index (χ3v) is 3.42. The summed E-state index contributed by atoms with van der Waals surface area (Å²) in [6.45, 7) is 11.1. The molecule has 0 spiro atoms. The first-order chi connectivity index (χ1) is 7.90. The van der Waals surface area contributed by atoms with Crippen molar-refractivity contribution in [1.82, 2.24) is 0 Å². The zero-order chi connectivity index (χ0) is 13.0.